The van der Waals surface area contributed by atoms with Gasteiger partial charge in [0.25, 0.3) is 0 Å². The van der Waals surface area contributed by atoms with E-state index in [9.17, 15) is 4.79 Å². The Morgan fingerprint density at radius 2 is 2.19 bits per heavy atom. The minimum atomic E-state index is -0.165. The van der Waals surface area contributed by atoms with Crippen molar-refractivity contribution in [3.63, 3.8) is 0 Å². The lowest BCUT2D eigenvalue weighted by Gasteiger charge is -2.21. The van der Waals surface area contributed by atoms with Crippen LogP contribution >= 0.6 is 15.9 Å². The van der Waals surface area contributed by atoms with Gasteiger partial charge in [-0.25, -0.2) is 0 Å². The molecule has 3 heteroatoms. The second kappa shape index (κ2) is 4.50. The Morgan fingerprint density at radius 1 is 1.44 bits per heavy atom. The topological polar surface area (TPSA) is 29.4 Å². The standard InChI is InChI=1S/C13H14BrNO/c1-3-4-9-6-13(16)10-5-8(2)11(14)7-12(10)15-9/h5-7,10H,3-4H2,1-2H3. The summed E-state index contributed by atoms with van der Waals surface area (Å²) in [6.45, 7) is 4.09. The van der Waals surface area contributed by atoms with Crippen molar-refractivity contribution in [3.8, 4) is 0 Å². The minimum absolute atomic E-state index is 0.157. The van der Waals surface area contributed by atoms with Gasteiger partial charge in [-0.2, -0.15) is 0 Å². The van der Waals surface area contributed by atoms with E-state index in [2.05, 4.69) is 27.8 Å². The summed E-state index contributed by atoms with van der Waals surface area (Å²) in [4.78, 5) is 16.5. The number of allylic oxidation sites excluding steroid dienone is 6. The zero-order valence-electron chi connectivity index (χ0n) is 9.46. The molecule has 2 aliphatic rings. The number of carbonyl (C=O) groups excluding carboxylic acids is 1. The van der Waals surface area contributed by atoms with Crippen molar-refractivity contribution in [2.45, 2.75) is 26.7 Å². The van der Waals surface area contributed by atoms with Crippen LogP contribution in [0.2, 0.25) is 0 Å². The van der Waals surface area contributed by atoms with Gasteiger partial charge in [0.15, 0.2) is 5.78 Å². The number of carbonyl (C=O) groups is 1. The van der Waals surface area contributed by atoms with Crippen LogP contribution in [0, 0.1) is 5.92 Å². The van der Waals surface area contributed by atoms with Crippen LogP contribution in [0.3, 0.4) is 0 Å². The largest absolute Gasteiger partial charge is 0.294 e. The minimum Gasteiger partial charge on any atom is -0.294 e. The van der Waals surface area contributed by atoms with E-state index in [1.165, 1.54) is 0 Å². The van der Waals surface area contributed by atoms with Gasteiger partial charge in [-0.1, -0.05) is 35.4 Å². The molecule has 0 bridgehead atoms. The van der Waals surface area contributed by atoms with Crippen LogP contribution in [-0.2, 0) is 4.79 Å². The van der Waals surface area contributed by atoms with E-state index in [-0.39, 0.29) is 11.7 Å². The molecule has 0 saturated carbocycles. The maximum atomic E-state index is 11.9. The van der Waals surface area contributed by atoms with Crippen molar-refractivity contribution in [2.75, 3.05) is 0 Å². The Hall–Kier alpha value is -0.960. The molecule has 0 fully saturated rings. The average Bonchev–Trinajstić information content (AvgIpc) is 2.22. The number of fused-ring (bicyclic) bond motifs is 1. The Morgan fingerprint density at radius 3 is 2.88 bits per heavy atom. The molecule has 0 aromatic rings. The Bertz CT molecular complexity index is 455. The van der Waals surface area contributed by atoms with Crippen LogP contribution in [0.15, 0.2) is 39.0 Å². The predicted molar refractivity (Wildman–Crippen MR) is 69.7 cm³/mol. The number of hydrogen-bond acceptors (Lipinski definition) is 2. The molecule has 0 N–H and O–H groups in total. The van der Waals surface area contributed by atoms with Gasteiger partial charge in [-0.3, -0.25) is 9.79 Å². The number of rotatable bonds is 2. The first-order chi connectivity index (χ1) is 7.61. The van der Waals surface area contributed by atoms with Crippen molar-refractivity contribution < 1.29 is 4.79 Å². The van der Waals surface area contributed by atoms with Gasteiger partial charge in [0.1, 0.15) is 0 Å². The quantitative estimate of drug-likeness (QED) is 0.760. The highest BCUT2D eigenvalue weighted by Gasteiger charge is 2.27. The lowest BCUT2D eigenvalue weighted by molar-refractivity contribution is -0.115. The van der Waals surface area contributed by atoms with Crippen LogP contribution in [0.1, 0.15) is 26.7 Å². The molecular weight excluding hydrogens is 266 g/mol. The fourth-order valence-corrected chi connectivity index (χ4v) is 2.28. The molecule has 1 aliphatic heterocycles. The SMILES string of the molecule is CCCC1=CC(=O)C2C=C(C)C(Br)=CC2=N1. The Labute approximate surface area is 104 Å². The van der Waals surface area contributed by atoms with E-state index in [0.29, 0.717) is 0 Å². The van der Waals surface area contributed by atoms with E-state index in [1.54, 1.807) is 6.08 Å². The first-order valence-electron chi connectivity index (χ1n) is 5.51. The normalized spacial score (nSPS) is 24.2. The summed E-state index contributed by atoms with van der Waals surface area (Å²) in [7, 11) is 0. The molecule has 0 saturated heterocycles. The molecule has 1 aliphatic carbocycles. The fraction of sp³-hybridized carbons (Fsp3) is 0.385. The zero-order chi connectivity index (χ0) is 11.7. The van der Waals surface area contributed by atoms with Gasteiger partial charge < -0.3 is 0 Å². The molecule has 2 nitrogen and oxygen atoms in total. The van der Waals surface area contributed by atoms with E-state index < -0.39 is 0 Å². The molecule has 0 aromatic carbocycles. The van der Waals surface area contributed by atoms with Gasteiger partial charge in [-0.05, 0) is 25.0 Å². The highest BCUT2D eigenvalue weighted by atomic mass is 79.9. The Balaban J connectivity index is 2.36. The molecular formula is C13H14BrNO. The number of hydrogen-bond donors (Lipinski definition) is 0. The molecule has 0 amide bonds. The van der Waals surface area contributed by atoms with Crippen molar-refractivity contribution in [1.29, 1.82) is 0 Å². The maximum Gasteiger partial charge on any atom is 0.170 e. The second-order valence-electron chi connectivity index (χ2n) is 4.14. The molecule has 1 atom stereocenters. The van der Waals surface area contributed by atoms with E-state index in [1.807, 2.05) is 19.1 Å². The van der Waals surface area contributed by atoms with Gasteiger partial charge in [0.05, 0.1) is 11.6 Å². The van der Waals surface area contributed by atoms with Gasteiger partial charge >= 0.3 is 0 Å². The molecule has 0 aromatic heterocycles. The predicted octanol–water partition coefficient (Wildman–Crippen LogP) is 3.55. The molecule has 1 heterocycles. The van der Waals surface area contributed by atoms with Crippen molar-refractivity contribution in [3.05, 3.63) is 34.0 Å². The van der Waals surface area contributed by atoms with Crippen molar-refractivity contribution in [1.82, 2.24) is 0 Å². The average molecular weight is 280 g/mol. The van der Waals surface area contributed by atoms with E-state index in [0.717, 1.165) is 34.3 Å². The van der Waals surface area contributed by atoms with Gasteiger partial charge in [-0.15, -0.1) is 0 Å². The van der Waals surface area contributed by atoms with Crippen LogP contribution in [-0.4, -0.2) is 11.5 Å². The highest BCUT2D eigenvalue weighted by Crippen LogP contribution is 2.29. The molecule has 84 valence electrons. The number of aliphatic imine (C=N–C) groups is 1. The van der Waals surface area contributed by atoms with Gasteiger partial charge in [0.2, 0.25) is 0 Å². The third-order valence-electron chi connectivity index (χ3n) is 2.78. The molecule has 0 spiro atoms. The Kier molecular flexibility index (Phi) is 3.24. The first kappa shape index (κ1) is 11.5. The summed E-state index contributed by atoms with van der Waals surface area (Å²) < 4.78 is 1.02. The van der Waals surface area contributed by atoms with E-state index >= 15 is 0 Å². The summed E-state index contributed by atoms with van der Waals surface area (Å²) in [6.07, 6.45) is 7.51. The van der Waals surface area contributed by atoms with Crippen LogP contribution in [0.4, 0.5) is 0 Å². The third-order valence-corrected chi connectivity index (χ3v) is 3.64. The highest BCUT2D eigenvalue weighted by molar-refractivity contribution is 9.12. The van der Waals surface area contributed by atoms with Crippen LogP contribution in [0.25, 0.3) is 0 Å². The number of halogens is 1. The maximum absolute atomic E-state index is 11.9. The fourth-order valence-electron chi connectivity index (χ4n) is 1.91. The van der Waals surface area contributed by atoms with Crippen molar-refractivity contribution in [2.24, 2.45) is 10.9 Å². The molecule has 0 radical (unpaired) electrons. The first-order valence-corrected chi connectivity index (χ1v) is 6.30. The summed E-state index contributed by atoms with van der Waals surface area (Å²) in [6, 6.07) is 0. The number of nitrogens with zero attached hydrogens (tertiary/aromatic N) is 1. The van der Waals surface area contributed by atoms with Crippen LogP contribution in [0.5, 0.6) is 0 Å². The lowest BCUT2D eigenvalue weighted by atomic mass is 9.88. The summed E-state index contributed by atoms with van der Waals surface area (Å²) in [5.74, 6) is -0.00837. The summed E-state index contributed by atoms with van der Waals surface area (Å²) in [5.41, 5.74) is 2.88. The summed E-state index contributed by atoms with van der Waals surface area (Å²) in [5, 5.41) is 0. The second-order valence-corrected chi connectivity index (χ2v) is 5.00. The van der Waals surface area contributed by atoms with E-state index in [4.69, 9.17) is 0 Å². The monoisotopic (exact) mass is 279 g/mol. The summed E-state index contributed by atoms with van der Waals surface area (Å²) >= 11 is 3.48. The zero-order valence-corrected chi connectivity index (χ0v) is 11.0. The van der Waals surface area contributed by atoms with Gasteiger partial charge in [0, 0.05) is 16.3 Å². The smallest absolute Gasteiger partial charge is 0.170 e. The molecule has 16 heavy (non-hydrogen) atoms. The lowest BCUT2D eigenvalue weighted by Crippen LogP contribution is -2.25. The van der Waals surface area contributed by atoms with Crippen LogP contribution < -0.4 is 0 Å². The molecule has 1 unspecified atom stereocenters. The third kappa shape index (κ3) is 2.09. The van der Waals surface area contributed by atoms with Crippen molar-refractivity contribution >= 4 is 27.4 Å². The molecule has 2 rings (SSSR count). The number of ketones is 1.